The van der Waals surface area contributed by atoms with Crippen LogP contribution in [-0.2, 0) is 4.79 Å². The second-order valence-corrected chi connectivity index (χ2v) is 5.95. The Morgan fingerprint density at radius 1 is 1.29 bits per heavy atom. The third-order valence-electron chi connectivity index (χ3n) is 3.34. The summed E-state index contributed by atoms with van der Waals surface area (Å²) in [4.78, 5) is 34.1. The maximum absolute atomic E-state index is 12.8. The zero-order valence-corrected chi connectivity index (χ0v) is 14.0. The molecule has 0 aromatic carbocycles. The minimum Gasteiger partial charge on any atom is -0.480 e. The number of aliphatic carboxylic acids is 1. The number of hydrogen-bond donors (Lipinski definition) is 1. The third kappa shape index (κ3) is 3.34. The molecule has 0 saturated heterocycles. The van der Waals surface area contributed by atoms with E-state index in [4.69, 9.17) is 0 Å². The number of likely N-dealkylation sites (N-methyl/N-ethyl adjacent to an activating group) is 1. The summed E-state index contributed by atoms with van der Waals surface area (Å²) in [6.45, 7) is 8.58. The van der Waals surface area contributed by atoms with E-state index in [0.717, 1.165) is 0 Å². The Morgan fingerprint density at radius 2 is 1.86 bits per heavy atom. The van der Waals surface area contributed by atoms with E-state index in [2.05, 4.69) is 9.97 Å². The minimum absolute atomic E-state index is 0.291. The van der Waals surface area contributed by atoms with Gasteiger partial charge < -0.3 is 10.0 Å². The van der Waals surface area contributed by atoms with E-state index >= 15 is 0 Å². The minimum atomic E-state index is -1.29. The summed E-state index contributed by atoms with van der Waals surface area (Å²) in [7, 11) is 0. The van der Waals surface area contributed by atoms with Gasteiger partial charge in [0, 0.05) is 6.54 Å². The molecule has 0 aliphatic rings. The van der Waals surface area contributed by atoms with Crippen molar-refractivity contribution in [3.63, 3.8) is 0 Å². The molecule has 0 aliphatic heterocycles. The molecule has 0 unspecified atom stereocenters. The molecule has 1 N–H and O–H groups in total. The number of hydrogen-bond acceptors (Lipinski definition) is 5. The van der Waals surface area contributed by atoms with Gasteiger partial charge in [0.25, 0.3) is 5.91 Å². The maximum Gasteiger partial charge on any atom is 0.329 e. The van der Waals surface area contributed by atoms with Crippen molar-refractivity contribution in [1.29, 1.82) is 0 Å². The first-order chi connectivity index (χ1) is 9.66. The van der Waals surface area contributed by atoms with Gasteiger partial charge in [-0.25, -0.2) is 14.8 Å². The number of aromatic nitrogens is 2. The second kappa shape index (κ2) is 6.43. The number of nitrogens with zero attached hydrogens (tertiary/aromatic N) is 3. The molecule has 1 aromatic heterocycles. The quantitative estimate of drug-likeness (QED) is 0.662. The fourth-order valence-corrected chi connectivity index (χ4v) is 2.78. The molecular weight excluding hydrogens is 290 g/mol. The van der Waals surface area contributed by atoms with Crippen LogP contribution in [0.15, 0.2) is 5.03 Å². The molecule has 6 nitrogen and oxygen atoms in total. The van der Waals surface area contributed by atoms with Gasteiger partial charge in [0.05, 0.1) is 11.3 Å². The monoisotopic (exact) mass is 311 g/mol. The van der Waals surface area contributed by atoms with Gasteiger partial charge in [-0.05, 0) is 40.9 Å². The van der Waals surface area contributed by atoms with Crippen molar-refractivity contribution >= 4 is 23.6 Å². The van der Waals surface area contributed by atoms with Crippen LogP contribution in [-0.4, -0.2) is 50.2 Å². The third-order valence-corrected chi connectivity index (χ3v) is 4.02. The molecule has 0 saturated carbocycles. The number of amides is 1. The van der Waals surface area contributed by atoms with Crippen molar-refractivity contribution in [3.8, 4) is 0 Å². The Labute approximate surface area is 129 Å². The SMILES string of the molecule is CCN(C(=O)c1c(C)nc(C)nc1SC)C(C)(C)C(=O)O. The van der Waals surface area contributed by atoms with Crippen LogP contribution in [0.4, 0.5) is 0 Å². The molecule has 0 spiro atoms. The van der Waals surface area contributed by atoms with E-state index in [1.807, 2.05) is 6.26 Å². The van der Waals surface area contributed by atoms with Gasteiger partial charge in [-0.2, -0.15) is 0 Å². The summed E-state index contributed by atoms with van der Waals surface area (Å²) in [5, 5.41) is 9.92. The Hall–Kier alpha value is -1.63. The highest BCUT2D eigenvalue weighted by atomic mass is 32.2. The molecule has 0 radical (unpaired) electrons. The first-order valence-corrected chi connectivity index (χ1v) is 7.83. The van der Waals surface area contributed by atoms with Crippen LogP contribution in [0.1, 0.15) is 42.6 Å². The van der Waals surface area contributed by atoms with Crippen LogP contribution in [0, 0.1) is 13.8 Å². The molecule has 7 heteroatoms. The van der Waals surface area contributed by atoms with Gasteiger partial charge in [-0.15, -0.1) is 11.8 Å². The van der Waals surface area contributed by atoms with Gasteiger partial charge >= 0.3 is 5.97 Å². The molecule has 0 atom stereocenters. The van der Waals surface area contributed by atoms with Crippen molar-refractivity contribution in [2.45, 2.75) is 45.2 Å². The first kappa shape index (κ1) is 17.4. The molecule has 1 aromatic rings. The van der Waals surface area contributed by atoms with Crippen LogP contribution in [0.2, 0.25) is 0 Å². The van der Waals surface area contributed by atoms with E-state index < -0.39 is 11.5 Å². The predicted octanol–water partition coefficient (Wildman–Crippen LogP) is 2.14. The first-order valence-electron chi connectivity index (χ1n) is 6.61. The van der Waals surface area contributed by atoms with Crippen LogP contribution in [0.3, 0.4) is 0 Å². The second-order valence-electron chi connectivity index (χ2n) is 5.15. The molecule has 1 amide bonds. The Morgan fingerprint density at radius 3 is 2.29 bits per heavy atom. The molecule has 1 heterocycles. The number of carbonyl (C=O) groups excluding carboxylic acids is 1. The van der Waals surface area contributed by atoms with Crippen molar-refractivity contribution in [2.24, 2.45) is 0 Å². The summed E-state index contributed by atoms with van der Waals surface area (Å²) >= 11 is 1.35. The number of carboxylic acids is 1. The Balaban J connectivity index is 3.39. The van der Waals surface area contributed by atoms with E-state index in [1.54, 1.807) is 20.8 Å². The van der Waals surface area contributed by atoms with Crippen LogP contribution < -0.4 is 0 Å². The van der Waals surface area contributed by atoms with Crippen molar-refractivity contribution in [1.82, 2.24) is 14.9 Å². The van der Waals surface area contributed by atoms with Gasteiger partial charge in [0.2, 0.25) is 0 Å². The van der Waals surface area contributed by atoms with E-state index in [0.29, 0.717) is 28.7 Å². The fourth-order valence-electron chi connectivity index (χ4n) is 2.12. The lowest BCUT2D eigenvalue weighted by atomic mass is 10.0. The highest BCUT2D eigenvalue weighted by molar-refractivity contribution is 7.98. The summed E-state index contributed by atoms with van der Waals surface area (Å²) in [6, 6.07) is 0. The van der Waals surface area contributed by atoms with Gasteiger partial charge in [-0.3, -0.25) is 4.79 Å². The van der Waals surface area contributed by atoms with Gasteiger partial charge in [-0.1, -0.05) is 0 Å². The van der Waals surface area contributed by atoms with Gasteiger partial charge in [0.15, 0.2) is 0 Å². The number of thioether (sulfide) groups is 1. The zero-order chi connectivity index (χ0) is 16.4. The van der Waals surface area contributed by atoms with Crippen molar-refractivity contribution in [2.75, 3.05) is 12.8 Å². The lowest BCUT2D eigenvalue weighted by Gasteiger charge is -2.34. The molecule has 0 aliphatic carbocycles. The predicted molar refractivity (Wildman–Crippen MR) is 81.7 cm³/mol. The highest BCUT2D eigenvalue weighted by Crippen LogP contribution is 2.25. The Bertz CT molecular complexity index is 573. The van der Waals surface area contributed by atoms with Crippen LogP contribution in [0.5, 0.6) is 0 Å². The van der Waals surface area contributed by atoms with E-state index in [-0.39, 0.29) is 5.91 Å². The summed E-state index contributed by atoms with van der Waals surface area (Å²) in [6.07, 6.45) is 1.83. The molecule has 1 rings (SSSR count). The molecular formula is C14H21N3O3S. The summed E-state index contributed by atoms with van der Waals surface area (Å²) in [5.41, 5.74) is -0.348. The molecule has 21 heavy (non-hydrogen) atoms. The van der Waals surface area contributed by atoms with Crippen molar-refractivity contribution in [3.05, 3.63) is 17.1 Å². The maximum atomic E-state index is 12.8. The molecule has 0 bridgehead atoms. The van der Waals surface area contributed by atoms with Crippen LogP contribution in [0.25, 0.3) is 0 Å². The number of carbonyl (C=O) groups is 2. The zero-order valence-electron chi connectivity index (χ0n) is 13.2. The van der Waals surface area contributed by atoms with Crippen LogP contribution >= 0.6 is 11.8 Å². The van der Waals surface area contributed by atoms with E-state index in [1.165, 1.54) is 30.5 Å². The fraction of sp³-hybridized carbons (Fsp3) is 0.571. The number of carboxylic acid groups (broad SMARTS) is 1. The summed E-state index contributed by atoms with van der Waals surface area (Å²) in [5.74, 6) is -0.810. The average molecular weight is 311 g/mol. The highest BCUT2D eigenvalue weighted by Gasteiger charge is 2.38. The normalized spacial score (nSPS) is 11.3. The lowest BCUT2D eigenvalue weighted by Crippen LogP contribution is -2.53. The standard InChI is InChI=1S/C14H21N3O3S/c1-7-17(14(4,5)13(19)20)12(18)10-8(2)15-9(3)16-11(10)21-6/h7H2,1-6H3,(H,19,20). The summed E-state index contributed by atoms with van der Waals surface area (Å²) < 4.78 is 0. The smallest absolute Gasteiger partial charge is 0.329 e. The van der Waals surface area contributed by atoms with E-state index in [9.17, 15) is 14.7 Å². The van der Waals surface area contributed by atoms with Crippen molar-refractivity contribution < 1.29 is 14.7 Å². The average Bonchev–Trinajstić information content (AvgIpc) is 2.37. The Kier molecular flexibility index (Phi) is 5.33. The number of rotatable bonds is 5. The molecule has 116 valence electrons. The largest absolute Gasteiger partial charge is 0.480 e. The molecule has 0 fully saturated rings. The topological polar surface area (TPSA) is 83.4 Å². The number of aryl methyl sites for hydroxylation is 2. The lowest BCUT2D eigenvalue weighted by molar-refractivity contribution is -0.147. The van der Waals surface area contributed by atoms with Gasteiger partial charge in [0.1, 0.15) is 16.4 Å².